The number of ether oxygens (including phenoxy) is 20. The Labute approximate surface area is 732 Å². The lowest BCUT2D eigenvalue weighted by Gasteiger charge is -2.51. The number of nitrogens with one attached hydrogen (secondary N) is 4. The van der Waals surface area contributed by atoms with Crippen LogP contribution in [0, 0.1) is 5.92 Å². The number of aliphatic hydroxyl groups is 27. The van der Waals surface area contributed by atoms with Crippen molar-refractivity contribution in [1.29, 1.82) is 0 Å². The van der Waals surface area contributed by atoms with Crippen molar-refractivity contribution in [3.63, 3.8) is 0 Å². The van der Waals surface area contributed by atoms with E-state index in [-0.39, 0.29) is 6.47 Å². The van der Waals surface area contributed by atoms with Crippen LogP contribution in [-0.4, -0.2) is 540 Å². The van der Waals surface area contributed by atoms with Crippen LogP contribution in [0.25, 0.3) is 0 Å². The standard InChI is InChI=1S/C73H122N4O52/c1-19-25(91)7-73(112-18-86,129-57(19)40(93)26(92)8-78)111-17-35-44(97)51(104)55(108)69(121-35)124-60-32(14-84)119-67(39(49(60)102)77-24(6)90)128-64-53(106)43(96)29(11-81)116-72(64)126-62-45(98)34(120-70(56(62)109)125-61-33(15-85)117-65(37(47(61)100)75-22(4)88)122-58-30(12-82)113-20(2)36(46(58)99)74-21(3)87)16-110-71-63(52(105)42(95)28(10-80)115-71)127-66-38(76-23(5)89)48(101)59(31(13-83)118-66)123-68-54(107)50(103)41(94)27(9-79)114-68/h18-20,25-72,78-85,91-109H,7-17H2,1-6H3,(H,74,87)(H,75,88)(H,76,89)(H,77,90)/t19-,20+,25-,26?,27?,28?,29?,30?,31+,32?,33?,34?,35?,36?,37?,38?,39?,40?,41+,42-,43-,44+,45-,46-,47-,48?,49-,50+,51+,52+,53?,54?,55?,56?,57?,58-,59-,60+,61-,62+,63?,64?,65+,66+,67+,68+,69+,70+,71+,72-,73+/m1/s1. The third-order valence-electron chi connectivity index (χ3n) is 24.0. The lowest BCUT2D eigenvalue weighted by molar-refractivity contribution is -0.424. The molecule has 10 rings (SSSR count). The summed E-state index contributed by atoms with van der Waals surface area (Å²) in [7, 11) is 0. The summed E-state index contributed by atoms with van der Waals surface area (Å²) in [4.78, 5) is 63.5. The van der Waals surface area contributed by atoms with Crippen LogP contribution in [0.1, 0.15) is 48.0 Å². The number of rotatable bonds is 36. The van der Waals surface area contributed by atoms with Crippen molar-refractivity contribution in [3.8, 4) is 0 Å². The maximum atomic E-state index is 13.2. The van der Waals surface area contributed by atoms with Gasteiger partial charge in [0.2, 0.25) is 23.6 Å². The third-order valence-corrected chi connectivity index (χ3v) is 24.0. The molecule has 10 aliphatic rings. The van der Waals surface area contributed by atoms with Crippen molar-refractivity contribution in [1.82, 2.24) is 21.3 Å². The second-order valence-electron chi connectivity index (χ2n) is 33.0. The summed E-state index contributed by atoms with van der Waals surface area (Å²) in [5.41, 5.74) is 0. The average Bonchev–Trinajstić information content (AvgIpc) is 0.771. The van der Waals surface area contributed by atoms with Crippen LogP contribution < -0.4 is 21.3 Å². The number of amides is 4. The number of carbonyl (C=O) groups is 5. The molecule has 56 heteroatoms. The van der Waals surface area contributed by atoms with Gasteiger partial charge in [0.25, 0.3) is 6.47 Å². The van der Waals surface area contributed by atoms with Crippen LogP contribution in [0.5, 0.6) is 0 Å². The summed E-state index contributed by atoms with van der Waals surface area (Å²) >= 11 is 0. The fourth-order valence-electron chi connectivity index (χ4n) is 16.9. The highest BCUT2D eigenvalue weighted by atomic mass is 16.9. The molecule has 22 unspecified atom stereocenters. The zero-order valence-electron chi connectivity index (χ0n) is 70.0. The SMILES string of the molecule is CC(=O)NC1C(O)[C@H](O[C@@H]2OC(CO)[C@H](O)[C@H](O)C2O)[C@H](CO)O[C@H]1OC1[C@@H](OCC2O[C@@H](O[C@@H]3C(CO)O[C@@H](O[C@@H]4C(CO)O[C@@H](C)C(NC(C)=O)[C@H]4O)C(NC(C)=O)[C@H]3O)C(O)[C@@H](O[C@H]3OC(CO)[C@@H](O)C(O)C3O[C@@H]3OC(CO)[C@H](O[C@@H]4OC(CO[C@]5(OC=O)C[C@@H](O)[C@@H](C)C(C(O)C(O)CO)O5)[C@H](O)[C@H](O)C4O)[C@H](O)C3NC(C)=O)[C@@H]2O)OC(CO)[C@@H](O)[C@@H]1O. The van der Waals surface area contributed by atoms with Gasteiger partial charge in [0, 0.05) is 33.6 Å². The number of carbonyl (C=O) groups excluding carboxylic acids is 5. The van der Waals surface area contributed by atoms with E-state index in [0.717, 1.165) is 27.7 Å². The zero-order chi connectivity index (χ0) is 95.1. The summed E-state index contributed by atoms with van der Waals surface area (Å²) in [6.45, 7) is -4.53. The fourth-order valence-corrected chi connectivity index (χ4v) is 16.9. The molecule has 0 spiro atoms. The minimum Gasteiger partial charge on any atom is -0.410 e. The quantitative estimate of drug-likeness (QED) is 0.0205. The number of aliphatic hydroxyl groups excluding tert-OH is 27. The van der Waals surface area contributed by atoms with Crippen molar-refractivity contribution in [2.75, 3.05) is 66.1 Å². The van der Waals surface area contributed by atoms with Crippen LogP contribution >= 0.6 is 0 Å². The first-order valence-corrected chi connectivity index (χ1v) is 41.4. The molecule has 31 N–H and O–H groups in total. The molecule has 0 aromatic heterocycles. The first-order chi connectivity index (χ1) is 61.0. The first-order valence-electron chi connectivity index (χ1n) is 41.4. The van der Waals surface area contributed by atoms with E-state index in [0.29, 0.717) is 0 Å². The lowest BCUT2D eigenvalue weighted by atomic mass is 9.87. The van der Waals surface area contributed by atoms with E-state index in [2.05, 4.69) is 21.3 Å². The van der Waals surface area contributed by atoms with E-state index in [4.69, 9.17) is 94.7 Å². The van der Waals surface area contributed by atoms with Crippen molar-refractivity contribution < 1.29 is 257 Å². The Morgan fingerprint density at radius 2 is 0.667 bits per heavy atom. The Morgan fingerprint density at radius 3 is 1.07 bits per heavy atom. The Hall–Kier alpha value is -4.49. The second-order valence-corrected chi connectivity index (χ2v) is 33.0. The highest BCUT2D eigenvalue weighted by Crippen LogP contribution is 2.43. The molecule has 10 fully saturated rings. The molecular formula is C73H122N4O52. The molecule has 10 heterocycles. The Balaban J connectivity index is 0.960. The molecule has 0 aromatic carbocycles. The molecule has 56 nitrogen and oxygen atoms in total. The van der Waals surface area contributed by atoms with E-state index in [1.54, 1.807) is 0 Å². The molecule has 746 valence electrons. The van der Waals surface area contributed by atoms with Gasteiger partial charge in [-0.05, 0) is 6.92 Å². The van der Waals surface area contributed by atoms with Gasteiger partial charge in [-0.2, -0.15) is 0 Å². The van der Waals surface area contributed by atoms with Gasteiger partial charge >= 0.3 is 5.97 Å². The molecule has 129 heavy (non-hydrogen) atoms. The Bertz CT molecular complexity index is 3520. The maximum Gasteiger partial charge on any atom is 0.332 e. The molecule has 0 bridgehead atoms. The van der Waals surface area contributed by atoms with Crippen LogP contribution in [0.4, 0.5) is 0 Å². The van der Waals surface area contributed by atoms with Crippen molar-refractivity contribution >= 4 is 30.1 Å². The van der Waals surface area contributed by atoms with E-state index < -0.39 is 408 Å². The molecule has 0 aliphatic carbocycles. The summed E-state index contributed by atoms with van der Waals surface area (Å²) in [6.07, 6.45) is -94.0. The third kappa shape index (κ3) is 23.9. The summed E-state index contributed by atoms with van der Waals surface area (Å²) < 4.78 is 119. The minimum absolute atomic E-state index is 0.197. The van der Waals surface area contributed by atoms with Crippen molar-refractivity contribution in [3.05, 3.63) is 0 Å². The highest BCUT2D eigenvalue weighted by Gasteiger charge is 2.62. The van der Waals surface area contributed by atoms with Crippen molar-refractivity contribution in [2.24, 2.45) is 5.92 Å². The lowest BCUT2D eigenvalue weighted by Crippen LogP contribution is -2.71. The molecule has 0 aromatic rings. The minimum atomic E-state index is -2.67. The molecule has 0 radical (unpaired) electrons. The summed E-state index contributed by atoms with van der Waals surface area (Å²) in [5.74, 6) is -7.27. The van der Waals surface area contributed by atoms with E-state index in [9.17, 15) is 162 Å². The molecule has 10 saturated heterocycles. The predicted molar refractivity (Wildman–Crippen MR) is 399 cm³/mol. The normalized spacial score (nSPS) is 48.1. The monoisotopic (exact) mass is 1890 g/mol. The second kappa shape index (κ2) is 46.6. The van der Waals surface area contributed by atoms with Gasteiger partial charge in [0.15, 0.2) is 50.3 Å². The van der Waals surface area contributed by atoms with Gasteiger partial charge in [0.1, 0.15) is 226 Å². The van der Waals surface area contributed by atoms with Crippen LogP contribution in [0.15, 0.2) is 0 Å². The van der Waals surface area contributed by atoms with Crippen LogP contribution in [0.3, 0.4) is 0 Å². The fraction of sp³-hybridized carbons (Fsp3) is 0.932. The van der Waals surface area contributed by atoms with E-state index >= 15 is 0 Å². The molecule has 4 amide bonds. The van der Waals surface area contributed by atoms with E-state index in [1.165, 1.54) is 13.8 Å². The molecular weight excluding hydrogens is 1760 g/mol. The van der Waals surface area contributed by atoms with Crippen LogP contribution in [-0.2, 0) is 119 Å². The average molecular weight is 1890 g/mol. The van der Waals surface area contributed by atoms with Gasteiger partial charge in [-0.1, -0.05) is 6.92 Å². The smallest absolute Gasteiger partial charge is 0.332 e. The van der Waals surface area contributed by atoms with Gasteiger partial charge in [0.05, 0.1) is 96.8 Å². The van der Waals surface area contributed by atoms with Gasteiger partial charge in [-0.25, -0.2) is 0 Å². The molecule has 51 atom stereocenters. The van der Waals surface area contributed by atoms with E-state index in [1.807, 2.05) is 0 Å². The topological polar surface area (TPSA) is 864 Å². The van der Waals surface area contributed by atoms with Gasteiger partial charge in [-0.3, -0.25) is 24.0 Å². The Kier molecular flexibility index (Phi) is 38.5. The maximum absolute atomic E-state index is 13.2. The first kappa shape index (κ1) is 107. The summed E-state index contributed by atoms with van der Waals surface area (Å²) in [6, 6.07) is -7.14. The van der Waals surface area contributed by atoms with Crippen LogP contribution in [0.2, 0.25) is 0 Å². The highest BCUT2D eigenvalue weighted by molar-refractivity contribution is 5.74. The zero-order valence-corrected chi connectivity index (χ0v) is 70.0. The number of hydrogen-bond acceptors (Lipinski definition) is 52. The summed E-state index contributed by atoms with van der Waals surface area (Å²) in [5, 5.41) is 313. The number of hydrogen-bond donors (Lipinski definition) is 31. The van der Waals surface area contributed by atoms with Crippen molar-refractivity contribution in [2.45, 2.75) is 354 Å². The van der Waals surface area contributed by atoms with Gasteiger partial charge < -0.3 is 254 Å². The predicted octanol–water partition coefficient (Wildman–Crippen LogP) is -20.6. The molecule has 10 aliphatic heterocycles. The molecule has 0 saturated carbocycles. The van der Waals surface area contributed by atoms with Gasteiger partial charge in [-0.15, -0.1) is 0 Å². The Morgan fingerprint density at radius 1 is 0.349 bits per heavy atom. The largest absolute Gasteiger partial charge is 0.410 e.